The number of carbonyl (C=O) groups excluding carboxylic acids is 1. The van der Waals surface area contributed by atoms with E-state index in [0.29, 0.717) is 24.5 Å². The molecule has 1 unspecified atom stereocenters. The van der Waals surface area contributed by atoms with Crippen LogP contribution >= 0.6 is 0 Å². The molecule has 4 heteroatoms. The zero-order valence-corrected chi connectivity index (χ0v) is 16.2. The number of rotatable bonds is 8. The molecule has 144 valence electrons. The molecular formula is C24H25NO3. The van der Waals surface area contributed by atoms with E-state index in [0.717, 1.165) is 16.9 Å². The van der Waals surface area contributed by atoms with Crippen LogP contribution in [0.1, 0.15) is 41.4 Å². The highest BCUT2D eigenvalue weighted by atomic mass is 16.5. The lowest BCUT2D eigenvalue weighted by Crippen LogP contribution is -2.27. The van der Waals surface area contributed by atoms with E-state index in [9.17, 15) is 4.79 Å². The lowest BCUT2D eigenvalue weighted by atomic mass is 10.1. The van der Waals surface area contributed by atoms with Gasteiger partial charge in [0.1, 0.15) is 18.1 Å². The van der Waals surface area contributed by atoms with Crippen LogP contribution in [0, 0.1) is 0 Å². The molecule has 0 aliphatic rings. The van der Waals surface area contributed by atoms with Crippen LogP contribution in [0.25, 0.3) is 0 Å². The lowest BCUT2D eigenvalue weighted by molar-refractivity contribution is 0.0935. The lowest BCUT2D eigenvalue weighted by Gasteiger charge is -2.17. The minimum absolute atomic E-state index is 0.134. The van der Waals surface area contributed by atoms with Crippen molar-refractivity contribution >= 4 is 5.91 Å². The Morgan fingerprint density at radius 2 is 1.57 bits per heavy atom. The Kier molecular flexibility index (Phi) is 6.68. The van der Waals surface area contributed by atoms with Gasteiger partial charge in [0.05, 0.1) is 18.2 Å². The van der Waals surface area contributed by atoms with Crippen LogP contribution in [-0.4, -0.2) is 12.5 Å². The molecule has 0 saturated carbocycles. The van der Waals surface area contributed by atoms with E-state index >= 15 is 0 Å². The molecule has 0 fully saturated rings. The van der Waals surface area contributed by atoms with Crippen molar-refractivity contribution in [3.8, 4) is 11.5 Å². The summed E-state index contributed by atoms with van der Waals surface area (Å²) in [5.74, 6) is 1.23. The Bertz CT molecular complexity index is 891. The fourth-order valence-electron chi connectivity index (χ4n) is 2.89. The highest BCUT2D eigenvalue weighted by molar-refractivity contribution is 5.97. The van der Waals surface area contributed by atoms with E-state index in [1.807, 2.05) is 86.6 Å². The van der Waals surface area contributed by atoms with E-state index in [1.54, 1.807) is 6.07 Å². The number of amides is 1. The second-order valence-corrected chi connectivity index (χ2v) is 6.47. The maximum atomic E-state index is 12.8. The number of hydrogen-bond acceptors (Lipinski definition) is 3. The number of carbonyl (C=O) groups is 1. The second-order valence-electron chi connectivity index (χ2n) is 6.47. The van der Waals surface area contributed by atoms with E-state index in [4.69, 9.17) is 9.47 Å². The summed E-state index contributed by atoms with van der Waals surface area (Å²) in [5, 5.41) is 3.04. The summed E-state index contributed by atoms with van der Waals surface area (Å²) in [6.45, 7) is 4.96. The summed E-state index contributed by atoms with van der Waals surface area (Å²) in [5.41, 5.74) is 2.59. The van der Waals surface area contributed by atoms with Gasteiger partial charge in [-0.15, -0.1) is 0 Å². The Balaban J connectivity index is 1.66. The first-order chi connectivity index (χ1) is 13.7. The van der Waals surface area contributed by atoms with Crippen LogP contribution < -0.4 is 14.8 Å². The number of benzene rings is 3. The number of hydrogen-bond donors (Lipinski definition) is 1. The molecule has 3 rings (SSSR count). The number of para-hydroxylation sites is 1. The van der Waals surface area contributed by atoms with Gasteiger partial charge in [-0.05, 0) is 49.2 Å². The minimum atomic E-state index is -0.162. The topological polar surface area (TPSA) is 47.6 Å². The smallest absolute Gasteiger partial charge is 0.255 e. The van der Waals surface area contributed by atoms with Gasteiger partial charge >= 0.3 is 0 Å². The van der Waals surface area contributed by atoms with Crippen molar-refractivity contribution in [1.29, 1.82) is 0 Å². The molecular weight excluding hydrogens is 350 g/mol. The van der Waals surface area contributed by atoms with Crippen molar-refractivity contribution in [1.82, 2.24) is 5.32 Å². The Hall–Kier alpha value is -3.27. The van der Waals surface area contributed by atoms with Crippen molar-refractivity contribution in [3.05, 3.63) is 95.6 Å². The highest BCUT2D eigenvalue weighted by Gasteiger charge is 2.15. The van der Waals surface area contributed by atoms with Crippen molar-refractivity contribution in [3.63, 3.8) is 0 Å². The van der Waals surface area contributed by atoms with Crippen LogP contribution in [0.4, 0.5) is 0 Å². The monoisotopic (exact) mass is 375 g/mol. The van der Waals surface area contributed by atoms with Crippen LogP contribution in [-0.2, 0) is 6.61 Å². The zero-order chi connectivity index (χ0) is 19.8. The first-order valence-electron chi connectivity index (χ1n) is 9.46. The third-order valence-electron chi connectivity index (χ3n) is 4.41. The third kappa shape index (κ3) is 5.13. The van der Waals surface area contributed by atoms with Crippen LogP contribution in [0.3, 0.4) is 0 Å². The van der Waals surface area contributed by atoms with Gasteiger partial charge in [0.2, 0.25) is 0 Å². The van der Waals surface area contributed by atoms with Crippen LogP contribution in [0.15, 0.2) is 78.9 Å². The molecule has 28 heavy (non-hydrogen) atoms. The van der Waals surface area contributed by atoms with E-state index in [-0.39, 0.29) is 11.9 Å². The van der Waals surface area contributed by atoms with Gasteiger partial charge in [-0.3, -0.25) is 4.79 Å². The molecule has 0 aliphatic heterocycles. The number of ether oxygens (including phenoxy) is 2. The predicted octanol–water partition coefficient (Wildman–Crippen LogP) is 5.16. The summed E-state index contributed by atoms with van der Waals surface area (Å²) in [6.07, 6.45) is 0. The first kappa shape index (κ1) is 19.5. The molecule has 4 nitrogen and oxygen atoms in total. The largest absolute Gasteiger partial charge is 0.494 e. The number of nitrogens with one attached hydrogen (secondary N) is 1. The molecule has 0 aliphatic carbocycles. The molecule has 0 bridgehead atoms. The van der Waals surface area contributed by atoms with Crippen LogP contribution in [0.5, 0.6) is 11.5 Å². The second kappa shape index (κ2) is 9.60. The zero-order valence-electron chi connectivity index (χ0n) is 16.2. The fraction of sp³-hybridized carbons (Fsp3) is 0.208. The van der Waals surface area contributed by atoms with Gasteiger partial charge in [0, 0.05) is 0 Å². The molecule has 0 spiro atoms. The average Bonchev–Trinajstić information content (AvgIpc) is 2.74. The van der Waals surface area contributed by atoms with E-state index in [1.165, 1.54) is 0 Å². The van der Waals surface area contributed by atoms with Gasteiger partial charge in [0.15, 0.2) is 0 Å². The molecule has 3 aromatic carbocycles. The Morgan fingerprint density at radius 3 is 2.29 bits per heavy atom. The Morgan fingerprint density at radius 1 is 0.893 bits per heavy atom. The summed E-state index contributed by atoms with van der Waals surface area (Å²) >= 11 is 0. The van der Waals surface area contributed by atoms with E-state index < -0.39 is 0 Å². The third-order valence-corrected chi connectivity index (χ3v) is 4.41. The van der Waals surface area contributed by atoms with Crippen molar-refractivity contribution in [2.24, 2.45) is 0 Å². The van der Waals surface area contributed by atoms with Crippen LogP contribution in [0.2, 0.25) is 0 Å². The quantitative estimate of drug-likeness (QED) is 0.592. The van der Waals surface area contributed by atoms with Crippen molar-refractivity contribution < 1.29 is 14.3 Å². The van der Waals surface area contributed by atoms with E-state index in [2.05, 4.69) is 5.32 Å². The maximum absolute atomic E-state index is 12.8. The summed E-state index contributed by atoms with van der Waals surface area (Å²) in [7, 11) is 0. The van der Waals surface area contributed by atoms with Crippen molar-refractivity contribution in [2.45, 2.75) is 26.5 Å². The molecule has 1 amide bonds. The summed E-state index contributed by atoms with van der Waals surface area (Å²) in [4.78, 5) is 12.8. The predicted molar refractivity (Wildman–Crippen MR) is 111 cm³/mol. The minimum Gasteiger partial charge on any atom is -0.494 e. The Labute approximate surface area is 166 Å². The van der Waals surface area contributed by atoms with Gasteiger partial charge in [-0.1, -0.05) is 54.6 Å². The molecule has 0 heterocycles. The SMILES string of the molecule is CCOc1ccc(C(C)NC(=O)c2ccccc2OCc2ccccc2)cc1. The molecule has 3 aromatic rings. The first-order valence-corrected chi connectivity index (χ1v) is 9.46. The van der Waals surface area contributed by atoms with Crippen molar-refractivity contribution in [2.75, 3.05) is 6.61 Å². The summed E-state index contributed by atoms with van der Waals surface area (Å²) < 4.78 is 11.4. The van der Waals surface area contributed by atoms with Gasteiger partial charge in [-0.2, -0.15) is 0 Å². The molecule has 1 N–H and O–H groups in total. The molecule has 0 saturated heterocycles. The normalized spacial score (nSPS) is 11.5. The standard InChI is InChI=1S/C24H25NO3/c1-3-27-21-15-13-20(14-16-21)18(2)25-24(26)22-11-7-8-12-23(22)28-17-19-9-5-4-6-10-19/h4-16,18H,3,17H2,1-2H3,(H,25,26). The van der Waals surface area contributed by atoms with Gasteiger partial charge in [0.25, 0.3) is 5.91 Å². The van der Waals surface area contributed by atoms with Gasteiger partial charge in [-0.25, -0.2) is 0 Å². The summed E-state index contributed by atoms with van der Waals surface area (Å²) in [6, 6.07) is 24.8. The maximum Gasteiger partial charge on any atom is 0.255 e. The molecule has 1 atom stereocenters. The molecule has 0 radical (unpaired) electrons. The van der Waals surface area contributed by atoms with Gasteiger partial charge < -0.3 is 14.8 Å². The molecule has 0 aromatic heterocycles. The fourth-order valence-corrected chi connectivity index (χ4v) is 2.89. The highest BCUT2D eigenvalue weighted by Crippen LogP contribution is 2.22. The average molecular weight is 375 g/mol.